The Labute approximate surface area is 132 Å². The molecule has 2 aromatic heterocycles. The first-order valence-corrected chi connectivity index (χ1v) is 7.90. The fraction of sp³-hybridized carbons (Fsp3) is 0.389. The zero-order valence-corrected chi connectivity index (χ0v) is 13.5. The second kappa shape index (κ2) is 7.69. The van der Waals surface area contributed by atoms with Crippen LogP contribution in [0.3, 0.4) is 0 Å². The fourth-order valence-corrected chi connectivity index (χ4v) is 2.67. The summed E-state index contributed by atoms with van der Waals surface area (Å²) in [6.45, 7) is 6.05. The fourth-order valence-electron chi connectivity index (χ4n) is 2.67. The third kappa shape index (κ3) is 3.70. The summed E-state index contributed by atoms with van der Waals surface area (Å²) in [6.07, 6.45) is 8.21. The normalized spacial score (nSPS) is 16.0. The molecule has 0 spiro atoms. The maximum atomic E-state index is 12.2. The molecule has 0 fully saturated rings. The quantitative estimate of drug-likeness (QED) is 0.921. The van der Waals surface area contributed by atoms with Crippen molar-refractivity contribution in [1.29, 1.82) is 0 Å². The molecule has 1 aliphatic rings. The van der Waals surface area contributed by atoms with E-state index in [1.807, 2.05) is 27.0 Å². The maximum Gasteiger partial charge on any atom is 0.251 e. The Balaban J connectivity index is 0.000000847. The van der Waals surface area contributed by atoms with E-state index in [4.69, 9.17) is 0 Å². The Morgan fingerprint density at radius 3 is 2.73 bits per heavy atom. The maximum absolute atomic E-state index is 12.2. The average Bonchev–Trinajstić information content (AvgIpc) is 2.57. The highest BCUT2D eigenvalue weighted by atomic mass is 16.1. The third-order valence-electron chi connectivity index (χ3n) is 3.65. The van der Waals surface area contributed by atoms with E-state index >= 15 is 0 Å². The summed E-state index contributed by atoms with van der Waals surface area (Å²) in [7, 11) is 0. The summed E-state index contributed by atoms with van der Waals surface area (Å²) in [5.41, 5.74) is 4.09. The lowest BCUT2D eigenvalue weighted by atomic mass is 9.91. The van der Waals surface area contributed by atoms with E-state index in [1.165, 1.54) is 11.1 Å². The highest BCUT2D eigenvalue weighted by Gasteiger charge is 2.23. The molecule has 0 saturated heterocycles. The van der Waals surface area contributed by atoms with Crippen LogP contribution < -0.4 is 5.32 Å². The van der Waals surface area contributed by atoms with Crippen molar-refractivity contribution in [3.63, 3.8) is 0 Å². The molecule has 1 aliphatic carbocycles. The molecule has 1 amide bonds. The van der Waals surface area contributed by atoms with E-state index in [9.17, 15) is 4.79 Å². The van der Waals surface area contributed by atoms with E-state index in [0.717, 1.165) is 25.0 Å². The molecule has 0 aromatic carbocycles. The van der Waals surface area contributed by atoms with Gasteiger partial charge in [0.1, 0.15) is 0 Å². The number of hydrogen-bond acceptors (Lipinski definition) is 3. The topological polar surface area (TPSA) is 54.9 Å². The number of aromatic nitrogens is 2. The van der Waals surface area contributed by atoms with Gasteiger partial charge in [0, 0.05) is 24.2 Å². The van der Waals surface area contributed by atoms with Crippen LogP contribution in [0.1, 0.15) is 59.9 Å². The van der Waals surface area contributed by atoms with Crippen LogP contribution in [0, 0.1) is 6.92 Å². The van der Waals surface area contributed by atoms with Crippen molar-refractivity contribution in [1.82, 2.24) is 15.3 Å². The number of pyridine rings is 2. The lowest BCUT2D eigenvalue weighted by molar-refractivity contribution is 0.0931. The molecule has 1 atom stereocenters. The standard InChI is InChI=1S/C16H17N3O.C2H6/c1-11-9-13-3-2-4-14(15(13)18-10-11)19-16(20)12-5-7-17-8-6-12;1-2/h5-10,14H,2-4H2,1H3,(H,19,20);1-2H3. The van der Waals surface area contributed by atoms with Gasteiger partial charge < -0.3 is 5.32 Å². The second-order valence-electron chi connectivity index (χ2n) is 5.21. The molecule has 2 aromatic rings. The molecule has 1 unspecified atom stereocenters. The summed E-state index contributed by atoms with van der Waals surface area (Å²) in [4.78, 5) is 20.7. The van der Waals surface area contributed by atoms with E-state index < -0.39 is 0 Å². The smallest absolute Gasteiger partial charge is 0.251 e. The minimum atomic E-state index is -0.0624. The van der Waals surface area contributed by atoms with Gasteiger partial charge in [-0.1, -0.05) is 19.9 Å². The second-order valence-corrected chi connectivity index (χ2v) is 5.21. The van der Waals surface area contributed by atoms with Crippen LogP contribution in [0.2, 0.25) is 0 Å². The highest BCUT2D eigenvalue weighted by Crippen LogP contribution is 2.28. The van der Waals surface area contributed by atoms with E-state index in [2.05, 4.69) is 21.4 Å². The number of amides is 1. The predicted molar refractivity (Wildman–Crippen MR) is 87.7 cm³/mol. The Morgan fingerprint density at radius 2 is 2.00 bits per heavy atom. The Kier molecular flexibility index (Phi) is 5.64. The number of nitrogens with one attached hydrogen (secondary N) is 1. The SMILES string of the molecule is CC.Cc1cnc2c(c1)CCCC2NC(=O)c1ccncc1. The van der Waals surface area contributed by atoms with Crippen molar-refractivity contribution >= 4 is 5.91 Å². The molecule has 0 saturated carbocycles. The molecule has 116 valence electrons. The first-order chi connectivity index (χ1) is 10.7. The van der Waals surface area contributed by atoms with Gasteiger partial charge in [-0.3, -0.25) is 14.8 Å². The van der Waals surface area contributed by atoms with Gasteiger partial charge in [-0.2, -0.15) is 0 Å². The highest BCUT2D eigenvalue weighted by molar-refractivity contribution is 5.94. The Bertz CT molecular complexity index is 625. The molecule has 0 radical (unpaired) electrons. The summed E-state index contributed by atoms with van der Waals surface area (Å²) in [5, 5.41) is 3.08. The largest absolute Gasteiger partial charge is 0.344 e. The predicted octanol–water partition coefficient (Wildman–Crippen LogP) is 3.62. The van der Waals surface area contributed by atoms with Gasteiger partial charge in [-0.25, -0.2) is 0 Å². The van der Waals surface area contributed by atoms with Crippen molar-refractivity contribution in [2.24, 2.45) is 0 Å². The van der Waals surface area contributed by atoms with E-state index in [1.54, 1.807) is 24.5 Å². The zero-order chi connectivity index (χ0) is 15.9. The molecule has 4 nitrogen and oxygen atoms in total. The Hall–Kier alpha value is -2.23. The molecule has 22 heavy (non-hydrogen) atoms. The molecule has 1 N–H and O–H groups in total. The van der Waals surface area contributed by atoms with Crippen molar-refractivity contribution < 1.29 is 4.79 Å². The summed E-state index contributed by atoms with van der Waals surface area (Å²) in [5.74, 6) is -0.0624. The summed E-state index contributed by atoms with van der Waals surface area (Å²) < 4.78 is 0. The van der Waals surface area contributed by atoms with Crippen molar-refractivity contribution in [3.05, 3.63) is 59.2 Å². The van der Waals surface area contributed by atoms with Gasteiger partial charge in [-0.05, 0) is 49.4 Å². The van der Waals surface area contributed by atoms with Crippen LogP contribution in [0.5, 0.6) is 0 Å². The van der Waals surface area contributed by atoms with Crippen LogP contribution in [0.4, 0.5) is 0 Å². The van der Waals surface area contributed by atoms with E-state index in [0.29, 0.717) is 5.56 Å². The molecule has 3 rings (SSSR count). The first kappa shape index (κ1) is 16.1. The molecular weight excluding hydrogens is 274 g/mol. The number of carbonyl (C=O) groups excluding carboxylic acids is 1. The van der Waals surface area contributed by atoms with Crippen LogP contribution >= 0.6 is 0 Å². The first-order valence-electron chi connectivity index (χ1n) is 7.90. The minimum absolute atomic E-state index is 0.0139. The number of aryl methyl sites for hydroxylation is 2. The molecular formula is C18H23N3O. The molecule has 2 heterocycles. The van der Waals surface area contributed by atoms with Gasteiger partial charge in [0.15, 0.2) is 0 Å². The summed E-state index contributed by atoms with van der Waals surface area (Å²) >= 11 is 0. The van der Waals surface area contributed by atoms with Gasteiger partial charge in [0.05, 0.1) is 11.7 Å². The number of hydrogen-bond donors (Lipinski definition) is 1. The molecule has 0 aliphatic heterocycles. The monoisotopic (exact) mass is 297 g/mol. The third-order valence-corrected chi connectivity index (χ3v) is 3.65. The minimum Gasteiger partial charge on any atom is -0.344 e. The number of fused-ring (bicyclic) bond motifs is 1. The lowest BCUT2D eigenvalue weighted by Gasteiger charge is -2.25. The van der Waals surface area contributed by atoms with Crippen LogP contribution in [-0.2, 0) is 6.42 Å². The average molecular weight is 297 g/mol. The van der Waals surface area contributed by atoms with E-state index in [-0.39, 0.29) is 11.9 Å². The molecule has 4 heteroatoms. The van der Waals surface area contributed by atoms with Crippen molar-refractivity contribution in [2.75, 3.05) is 0 Å². The van der Waals surface area contributed by atoms with Crippen LogP contribution in [0.15, 0.2) is 36.8 Å². The summed E-state index contributed by atoms with van der Waals surface area (Å²) in [6, 6.07) is 5.64. The van der Waals surface area contributed by atoms with Crippen LogP contribution in [0.25, 0.3) is 0 Å². The zero-order valence-electron chi connectivity index (χ0n) is 13.5. The van der Waals surface area contributed by atoms with Crippen LogP contribution in [-0.4, -0.2) is 15.9 Å². The number of rotatable bonds is 2. The number of carbonyl (C=O) groups is 1. The Morgan fingerprint density at radius 1 is 1.27 bits per heavy atom. The van der Waals surface area contributed by atoms with Crippen molar-refractivity contribution in [2.45, 2.75) is 46.1 Å². The van der Waals surface area contributed by atoms with Gasteiger partial charge in [0.2, 0.25) is 0 Å². The van der Waals surface area contributed by atoms with Gasteiger partial charge in [0.25, 0.3) is 5.91 Å². The number of nitrogens with zero attached hydrogens (tertiary/aromatic N) is 2. The van der Waals surface area contributed by atoms with Gasteiger partial charge >= 0.3 is 0 Å². The van der Waals surface area contributed by atoms with Crippen molar-refractivity contribution in [3.8, 4) is 0 Å². The lowest BCUT2D eigenvalue weighted by Crippen LogP contribution is -2.31. The van der Waals surface area contributed by atoms with Gasteiger partial charge in [-0.15, -0.1) is 0 Å². The molecule has 0 bridgehead atoms.